The third kappa shape index (κ3) is 4.71. The average Bonchev–Trinajstić information content (AvgIpc) is 3.04. The molecule has 1 aliphatic heterocycles. The maximum absolute atomic E-state index is 12.8. The standard InChI is InChI=1S/C20H29N3O3S/c1-16(2)8-10-21-20(24)15-22-13-9-17-14-18(6-7-19(17)22)27(25,26)23-11-4-3-5-12-23/h6-7,9,13-14,16H,3-5,8,10-12,15H2,1-2H3,(H,21,24). The molecule has 27 heavy (non-hydrogen) atoms. The van der Waals surface area contributed by atoms with Crippen molar-refractivity contribution in [2.24, 2.45) is 5.92 Å². The van der Waals surface area contributed by atoms with Crippen molar-refractivity contribution in [1.82, 2.24) is 14.2 Å². The number of fused-ring (bicyclic) bond motifs is 1. The Hall–Kier alpha value is -1.86. The van der Waals surface area contributed by atoms with Crippen LogP contribution in [-0.2, 0) is 21.4 Å². The van der Waals surface area contributed by atoms with Gasteiger partial charge in [-0.05, 0) is 49.4 Å². The molecule has 1 aromatic heterocycles. The van der Waals surface area contributed by atoms with Gasteiger partial charge >= 0.3 is 0 Å². The van der Waals surface area contributed by atoms with E-state index in [0.29, 0.717) is 30.4 Å². The maximum atomic E-state index is 12.8. The van der Waals surface area contributed by atoms with Gasteiger partial charge in [0.2, 0.25) is 15.9 Å². The number of carbonyl (C=O) groups is 1. The van der Waals surface area contributed by atoms with Crippen LogP contribution in [0.3, 0.4) is 0 Å². The number of amides is 1. The fourth-order valence-corrected chi connectivity index (χ4v) is 4.99. The minimum Gasteiger partial charge on any atom is -0.355 e. The molecule has 148 valence electrons. The molecule has 2 aromatic rings. The average molecular weight is 392 g/mol. The molecule has 1 amide bonds. The van der Waals surface area contributed by atoms with Crippen LogP contribution in [0.2, 0.25) is 0 Å². The fraction of sp³-hybridized carbons (Fsp3) is 0.550. The van der Waals surface area contributed by atoms with Crippen LogP contribution in [0.25, 0.3) is 10.9 Å². The summed E-state index contributed by atoms with van der Waals surface area (Å²) in [6.45, 7) is 6.35. The molecule has 2 heterocycles. The van der Waals surface area contributed by atoms with E-state index in [0.717, 1.165) is 36.6 Å². The zero-order valence-corrected chi connectivity index (χ0v) is 17.0. The number of benzene rings is 1. The summed E-state index contributed by atoms with van der Waals surface area (Å²) in [5.74, 6) is 0.524. The molecule has 1 N–H and O–H groups in total. The summed E-state index contributed by atoms with van der Waals surface area (Å²) in [5.41, 5.74) is 0.867. The quantitative estimate of drug-likeness (QED) is 0.789. The van der Waals surface area contributed by atoms with E-state index in [1.165, 1.54) is 0 Å². The van der Waals surface area contributed by atoms with Crippen molar-refractivity contribution < 1.29 is 13.2 Å². The van der Waals surface area contributed by atoms with Crippen LogP contribution in [-0.4, -0.2) is 42.8 Å². The molecule has 1 saturated heterocycles. The fourth-order valence-electron chi connectivity index (χ4n) is 3.44. The Kier molecular flexibility index (Phi) is 6.22. The molecule has 1 aromatic carbocycles. The molecule has 0 spiro atoms. The topological polar surface area (TPSA) is 71.4 Å². The van der Waals surface area contributed by atoms with Crippen molar-refractivity contribution in [2.45, 2.75) is 51.0 Å². The lowest BCUT2D eigenvalue weighted by atomic mass is 10.1. The Morgan fingerprint density at radius 2 is 1.89 bits per heavy atom. The highest BCUT2D eigenvalue weighted by Crippen LogP contribution is 2.25. The molecule has 1 fully saturated rings. The highest BCUT2D eigenvalue weighted by Gasteiger charge is 2.26. The monoisotopic (exact) mass is 391 g/mol. The second kappa shape index (κ2) is 8.44. The van der Waals surface area contributed by atoms with Crippen LogP contribution < -0.4 is 5.32 Å². The number of carbonyl (C=O) groups excluding carboxylic acids is 1. The van der Waals surface area contributed by atoms with Gasteiger partial charge in [0.25, 0.3) is 0 Å². The smallest absolute Gasteiger partial charge is 0.243 e. The molecule has 3 rings (SSSR count). The van der Waals surface area contributed by atoms with Crippen LogP contribution >= 0.6 is 0 Å². The van der Waals surface area contributed by atoms with Gasteiger partial charge in [-0.3, -0.25) is 4.79 Å². The first-order chi connectivity index (χ1) is 12.9. The lowest BCUT2D eigenvalue weighted by Crippen LogP contribution is -2.35. The molecule has 0 radical (unpaired) electrons. The number of aromatic nitrogens is 1. The van der Waals surface area contributed by atoms with Crippen LogP contribution in [0.15, 0.2) is 35.4 Å². The van der Waals surface area contributed by atoms with Crippen molar-refractivity contribution in [3.8, 4) is 0 Å². The van der Waals surface area contributed by atoms with E-state index in [-0.39, 0.29) is 12.5 Å². The van der Waals surface area contributed by atoms with E-state index in [1.54, 1.807) is 22.5 Å². The van der Waals surface area contributed by atoms with Crippen molar-refractivity contribution in [3.05, 3.63) is 30.5 Å². The Labute approximate surface area is 161 Å². The second-order valence-corrected chi connectivity index (χ2v) is 9.60. The highest BCUT2D eigenvalue weighted by molar-refractivity contribution is 7.89. The van der Waals surface area contributed by atoms with E-state index in [1.807, 2.05) is 16.8 Å². The van der Waals surface area contributed by atoms with E-state index in [2.05, 4.69) is 19.2 Å². The van der Waals surface area contributed by atoms with Crippen LogP contribution in [0.4, 0.5) is 0 Å². The minimum atomic E-state index is -3.44. The highest BCUT2D eigenvalue weighted by atomic mass is 32.2. The second-order valence-electron chi connectivity index (χ2n) is 7.66. The lowest BCUT2D eigenvalue weighted by Gasteiger charge is -2.25. The molecule has 0 bridgehead atoms. The molecule has 0 aliphatic carbocycles. The normalized spacial score (nSPS) is 16.1. The number of nitrogens with zero attached hydrogens (tertiary/aromatic N) is 2. The Bertz CT molecular complexity index is 896. The van der Waals surface area contributed by atoms with Gasteiger partial charge in [-0.15, -0.1) is 0 Å². The van der Waals surface area contributed by atoms with Crippen molar-refractivity contribution in [2.75, 3.05) is 19.6 Å². The SMILES string of the molecule is CC(C)CCNC(=O)Cn1ccc2cc(S(=O)(=O)N3CCCCC3)ccc21. The first kappa shape index (κ1) is 19.9. The third-order valence-electron chi connectivity index (χ3n) is 5.05. The lowest BCUT2D eigenvalue weighted by molar-refractivity contribution is -0.121. The molecule has 0 saturated carbocycles. The van der Waals surface area contributed by atoms with E-state index < -0.39 is 10.0 Å². The summed E-state index contributed by atoms with van der Waals surface area (Å²) < 4.78 is 29.1. The largest absolute Gasteiger partial charge is 0.355 e. The Balaban J connectivity index is 1.73. The molecular formula is C20H29N3O3S. The first-order valence-electron chi connectivity index (χ1n) is 9.73. The van der Waals surface area contributed by atoms with Gasteiger partial charge in [-0.25, -0.2) is 8.42 Å². The summed E-state index contributed by atoms with van der Waals surface area (Å²) in [7, 11) is -3.44. The Morgan fingerprint density at radius 3 is 2.59 bits per heavy atom. The van der Waals surface area contributed by atoms with Gasteiger partial charge in [0.15, 0.2) is 0 Å². The number of sulfonamides is 1. The van der Waals surface area contributed by atoms with E-state index >= 15 is 0 Å². The van der Waals surface area contributed by atoms with E-state index in [4.69, 9.17) is 0 Å². The minimum absolute atomic E-state index is 0.0295. The number of rotatable bonds is 7. The van der Waals surface area contributed by atoms with Gasteiger partial charge in [0.05, 0.1) is 4.90 Å². The Morgan fingerprint density at radius 1 is 1.15 bits per heavy atom. The van der Waals surface area contributed by atoms with Crippen LogP contribution in [0.5, 0.6) is 0 Å². The summed E-state index contributed by atoms with van der Waals surface area (Å²) in [6.07, 6.45) is 5.72. The summed E-state index contributed by atoms with van der Waals surface area (Å²) in [6, 6.07) is 7.03. The van der Waals surface area contributed by atoms with E-state index in [9.17, 15) is 13.2 Å². The van der Waals surface area contributed by atoms with Gasteiger partial charge in [0, 0.05) is 36.7 Å². The van der Waals surface area contributed by atoms with Gasteiger partial charge in [-0.1, -0.05) is 20.3 Å². The third-order valence-corrected chi connectivity index (χ3v) is 6.95. The maximum Gasteiger partial charge on any atom is 0.243 e. The molecule has 0 atom stereocenters. The predicted molar refractivity (Wildman–Crippen MR) is 107 cm³/mol. The van der Waals surface area contributed by atoms with Crippen LogP contribution in [0.1, 0.15) is 39.5 Å². The molecule has 6 nitrogen and oxygen atoms in total. The predicted octanol–water partition coefficient (Wildman–Crippen LogP) is 2.98. The number of hydrogen-bond donors (Lipinski definition) is 1. The molecule has 0 unspecified atom stereocenters. The number of piperidine rings is 1. The first-order valence-corrected chi connectivity index (χ1v) is 11.2. The summed E-state index contributed by atoms with van der Waals surface area (Å²) in [4.78, 5) is 12.5. The van der Waals surface area contributed by atoms with Crippen molar-refractivity contribution >= 4 is 26.8 Å². The zero-order chi connectivity index (χ0) is 19.4. The van der Waals surface area contributed by atoms with Gasteiger partial charge in [0.1, 0.15) is 6.54 Å². The molecule has 7 heteroatoms. The van der Waals surface area contributed by atoms with Crippen molar-refractivity contribution in [3.63, 3.8) is 0 Å². The number of nitrogens with one attached hydrogen (secondary N) is 1. The van der Waals surface area contributed by atoms with Gasteiger partial charge < -0.3 is 9.88 Å². The number of hydrogen-bond acceptors (Lipinski definition) is 3. The summed E-state index contributed by atoms with van der Waals surface area (Å²) in [5, 5.41) is 3.77. The summed E-state index contributed by atoms with van der Waals surface area (Å²) >= 11 is 0. The van der Waals surface area contributed by atoms with Crippen LogP contribution in [0, 0.1) is 5.92 Å². The molecular weight excluding hydrogens is 362 g/mol. The zero-order valence-electron chi connectivity index (χ0n) is 16.1. The van der Waals surface area contributed by atoms with Crippen molar-refractivity contribution in [1.29, 1.82) is 0 Å². The molecule has 1 aliphatic rings. The van der Waals surface area contributed by atoms with Gasteiger partial charge in [-0.2, -0.15) is 4.31 Å².